The molecular formula is C16H20FN5O3. The number of hydrogen-bond acceptors (Lipinski definition) is 6. The smallest absolute Gasteiger partial charge is 0.316 e. The maximum Gasteiger partial charge on any atom is 0.316 e. The summed E-state index contributed by atoms with van der Waals surface area (Å²) in [5.41, 5.74) is 0.420. The Morgan fingerprint density at radius 1 is 1.28 bits per heavy atom. The van der Waals surface area contributed by atoms with Gasteiger partial charge in [-0.15, -0.1) is 5.10 Å². The SMILES string of the molecule is COc1nn(C)cc1C(=O)NC1CCC(Oc2ncc(F)cn2)CC1. The van der Waals surface area contributed by atoms with Crippen LogP contribution in [-0.2, 0) is 7.05 Å². The molecule has 0 spiro atoms. The van der Waals surface area contributed by atoms with E-state index >= 15 is 0 Å². The summed E-state index contributed by atoms with van der Waals surface area (Å²) in [5, 5.41) is 7.09. The number of carbonyl (C=O) groups is 1. The average molecular weight is 349 g/mol. The number of rotatable bonds is 5. The van der Waals surface area contributed by atoms with E-state index < -0.39 is 5.82 Å². The van der Waals surface area contributed by atoms with Crippen molar-refractivity contribution < 1.29 is 18.7 Å². The van der Waals surface area contributed by atoms with Crippen molar-refractivity contribution in [1.29, 1.82) is 0 Å². The third kappa shape index (κ3) is 4.23. The van der Waals surface area contributed by atoms with Crippen LogP contribution in [0.2, 0.25) is 0 Å². The highest BCUT2D eigenvalue weighted by Crippen LogP contribution is 2.23. The van der Waals surface area contributed by atoms with Gasteiger partial charge in [-0.25, -0.2) is 14.4 Å². The first-order chi connectivity index (χ1) is 12.0. The number of ether oxygens (including phenoxy) is 2. The lowest BCUT2D eigenvalue weighted by Crippen LogP contribution is -2.39. The fourth-order valence-corrected chi connectivity index (χ4v) is 2.87. The Kier molecular flexibility index (Phi) is 5.11. The van der Waals surface area contributed by atoms with Crippen LogP contribution in [0.3, 0.4) is 0 Å². The number of nitrogens with zero attached hydrogens (tertiary/aromatic N) is 4. The van der Waals surface area contributed by atoms with Gasteiger partial charge in [0.05, 0.1) is 19.5 Å². The summed E-state index contributed by atoms with van der Waals surface area (Å²) in [6, 6.07) is 0.236. The van der Waals surface area contributed by atoms with Crippen LogP contribution in [-0.4, -0.2) is 44.9 Å². The molecule has 0 unspecified atom stereocenters. The van der Waals surface area contributed by atoms with Crippen molar-refractivity contribution in [2.24, 2.45) is 7.05 Å². The summed E-state index contributed by atoms with van der Waals surface area (Å²) in [6.45, 7) is 0. The van der Waals surface area contributed by atoms with Gasteiger partial charge in [-0.05, 0) is 25.7 Å². The topological polar surface area (TPSA) is 91.2 Å². The first-order valence-electron chi connectivity index (χ1n) is 8.08. The van der Waals surface area contributed by atoms with Crippen molar-refractivity contribution in [1.82, 2.24) is 25.1 Å². The molecular weight excluding hydrogens is 329 g/mol. The molecule has 134 valence electrons. The van der Waals surface area contributed by atoms with Crippen LogP contribution in [0, 0.1) is 5.82 Å². The lowest BCUT2D eigenvalue weighted by molar-refractivity contribution is 0.0882. The molecule has 1 amide bonds. The van der Waals surface area contributed by atoms with E-state index in [4.69, 9.17) is 9.47 Å². The van der Waals surface area contributed by atoms with Gasteiger partial charge in [-0.1, -0.05) is 0 Å². The Bertz CT molecular complexity index is 726. The molecule has 1 aliphatic rings. The molecule has 1 aliphatic carbocycles. The summed E-state index contributed by atoms with van der Waals surface area (Å²) >= 11 is 0. The molecule has 9 heteroatoms. The Balaban J connectivity index is 1.50. The molecule has 0 bridgehead atoms. The maximum atomic E-state index is 12.8. The summed E-state index contributed by atoms with van der Waals surface area (Å²) in [4.78, 5) is 20.0. The Morgan fingerprint density at radius 3 is 2.60 bits per heavy atom. The van der Waals surface area contributed by atoms with E-state index in [1.54, 1.807) is 17.9 Å². The van der Waals surface area contributed by atoms with Crippen LogP contribution < -0.4 is 14.8 Å². The standard InChI is InChI=1S/C16H20FN5O3/c1-22-9-13(15(21-22)24-2)14(23)20-11-3-5-12(6-4-11)25-16-18-7-10(17)8-19-16/h7-9,11-12H,3-6H2,1-2H3,(H,20,23). The highest BCUT2D eigenvalue weighted by molar-refractivity contribution is 5.96. The van der Waals surface area contributed by atoms with Crippen molar-refractivity contribution in [3.63, 3.8) is 0 Å². The molecule has 0 atom stereocenters. The Morgan fingerprint density at radius 2 is 1.96 bits per heavy atom. The van der Waals surface area contributed by atoms with E-state index in [-0.39, 0.29) is 24.1 Å². The van der Waals surface area contributed by atoms with E-state index in [1.807, 2.05) is 0 Å². The fraction of sp³-hybridized carbons (Fsp3) is 0.500. The average Bonchev–Trinajstić information content (AvgIpc) is 3.00. The minimum Gasteiger partial charge on any atom is -0.479 e. The summed E-state index contributed by atoms with van der Waals surface area (Å²) < 4.78 is 25.1. The quantitative estimate of drug-likeness (QED) is 0.879. The number of methoxy groups -OCH3 is 1. The predicted molar refractivity (Wildman–Crippen MR) is 85.9 cm³/mol. The normalized spacial score (nSPS) is 20.1. The second kappa shape index (κ2) is 7.45. The summed E-state index contributed by atoms with van der Waals surface area (Å²) in [6.07, 6.45) is 6.83. The molecule has 0 saturated heterocycles. The van der Waals surface area contributed by atoms with Gasteiger partial charge in [0.15, 0.2) is 5.82 Å². The number of aryl methyl sites for hydroxylation is 1. The molecule has 0 aliphatic heterocycles. The fourth-order valence-electron chi connectivity index (χ4n) is 2.87. The van der Waals surface area contributed by atoms with E-state index in [0.29, 0.717) is 11.4 Å². The van der Waals surface area contributed by atoms with E-state index in [1.165, 1.54) is 7.11 Å². The molecule has 0 aromatic carbocycles. The van der Waals surface area contributed by atoms with Gasteiger partial charge in [0, 0.05) is 19.3 Å². The molecule has 1 fully saturated rings. The van der Waals surface area contributed by atoms with Crippen LogP contribution in [0.25, 0.3) is 0 Å². The van der Waals surface area contributed by atoms with Gasteiger partial charge in [-0.2, -0.15) is 0 Å². The largest absolute Gasteiger partial charge is 0.479 e. The van der Waals surface area contributed by atoms with Crippen molar-refractivity contribution in [2.75, 3.05) is 7.11 Å². The third-order valence-corrected chi connectivity index (χ3v) is 4.11. The van der Waals surface area contributed by atoms with Gasteiger partial charge >= 0.3 is 6.01 Å². The van der Waals surface area contributed by atoms with E-state index in [2.05, 4.69) is 20.4 Å². The number of carbonyl (C=O) groups excluding carboxylic acids is 1. The minimum absolute atomic E-state index is 0.0356. The van der Waals surface area contributed by atoms with Crippen molar-refractivity contribution >= 4 is 5.91 Å². The first-order valence-corrected chi connectivity index (χ1v) is 8.08. The predicted octanol–water partition coefficient (Wildman–Crippen LogP) is 1.48. The molecule has 1 N–H and O–H groups in total. The molecule has 2 aromatic heterocycles. The summed E-state index contributed by atoms with van der Waals surface area (Å²) in [5.74, 6) is -0.383. The molecule has 3 rings (SSSR count). The second-order valence-electron chi connectivity index (χ2n) is 5.97. The number of hydrogen-bond donors (Lipinski definition) is 1. The zero-order chi connectivity index (χ0) is 17.8. The highest BCUT2D eigenvalue weighted by Gasteiger charge is 2.26. The van der Waals surface area contributed by atoms with Crippen molar-refractivity contribution in [2.45, 2.75) is 37.8 Å². The third-order valence-electron chi connectivity index (χ3n) is 4.11. The Labute approximate surface area is 144 Å². The van der Waals surface area contributed by atoms with E-state index in [9.17, 15) is 9.18 Å². The lowest BCUT2D eigenvalue weighted by Gasteiger charge is -2.28. The van der Waals surface area contributed by atoms with Crippen LogP contribution in [0.1, 0.15) is 36.0 Å². The van der Waals surface area contributed by atoms with E-state index in [0.717, 1.165) is 38.1 Å². The van der Waals surface area contributed by atoms with Gasteiger partial charge in [0.25, 0.3) is 5.91 Å². The molecule has 25 heavy (non-hydrogen) atoms. The van der Waals surface area contributed by atoms with Crippen molar-refractivity contribution in [3.05, 3.63) is 30.0 Å². The molecule has 0 radical (unpaired) electrons. The molecule has 8 nitrogen and oxygen atoms in total. The van der Waals surface area contributed by atoms with Crippen LogP contribution in [0.4, 0.5) is 4.39 Å². The van der Waals surface area contributed by atoms with Gasteiger partial charge < -0.3 is 14.8 Å². The van der Waals surface area contributed by atoms with Crippen LogP contribution in [0.5, 0.6) is 11.9 Å². The number of halogens is 1. The number of aromatic nitrogens is 4. The summed E-state index contributed by atoms with van der Waals surface area (Å²) in [7, 11) is 3.22. The van der Waals surface area contributed by atoms with Gasteiger partial charge in [-0.3, -0.25) is 9.48 Å². The minimum atomic E-state index is -0.496. The highest BCUT2D eigenvalue weighted by atomic mass is 19.1. The molecule has 1 saturated carbocycles. The first kappa shape index (κ1) is 17.1. The molecule has 2 heterocycles. The lowest BCUT2D eigenvalue weighted by atomic mass is 9.93. The van der Waals surface area contributed by atoms with Gasteiger partial charge in [0.1, 0.15) is 11.7 Å². The van der Waals surface area contributed by atoms with Crippen LogP contribution in [0.15, 0.2) is 18.6 Å². The zero-order valence-electron chi connectivity index (χ0n) is 14.1. The van der Waals surface area contributed by atoms with Gasteiger partial charge in [0.2, 0.25) is 5.88 Å². The maximum absolute atomic E-state index is 12.8. The monoisotopic (exact) mass is 349 g/mol. The molecule has 2 aromatic rings. The van der Waals surface area contributed by atoms with Crippen LogP contribution >= 0.6 is 0 Å². The van der Waals surface area contributed by atoms with Crippen molar-refractivity contribution in [3.8, 4) is 11.9 Å². The Hall–Kier alpha value is -2.71. The second-order valence-corrected chi connectivity index (χ2v) is 5.97. The number of amides is 1. The number of nitrogens with one attached hydrogen (secondary N) is 1. The zero-order valence-corrected chi connectivity index (χ0v) is 14.1.